The highest BCUT2D eigenvalue weighted by Crippen LogP contribution is 2.20. The summed E-state index contributed by atoms with van der Waals surface area (Å²) in [7, 11) is 0. The zero-order valence-corrected chi connectivity index (χ0v) is 10.3. The molecular formula is C12H10ClN3O2. The standard InChI is InChI=1S/C12H10ClN3O2/c1-7-8(3-2-4-9(7)17)11(18)15-10-5-6-14-12(13)16-10/h2-6,17H,1H3,(H,14,15,16,18). The molecule has 0 aliphatic rings. The molecule has 5 nitrogen and oxygen atoms in total. The van der Waals surface area contributed by atoms with Crippen LogP contribution in [0.5, 0.6) is 5.75 Å². The molecule has 18 heavy (non-hydrogen) atoms. The Bertz CT molecular complexity index is 602. The zero-order chi connectivity index (χ0) is 13.1. The van der Waals surface area contributed by atoms with E-state index in [0.29, 0.717) is 16.9 Å². The van der Waals surface area contributed by atoms with Gasteiger partial charge in [0.1, 0.15) is 11.6 Å². The molecule has 1 heterocycles. The highest BCUT2D eigenvalue weighted by atomic mass is 35.5. The summed E-state index contributed by atoms with van der Waals surface area (Å²) < 4.78 is 0. The van der Waals surface area contributed by atoms with Crippen molar-refractivity contribution in [3.63, 3.8) is 0 Å². The number of nitrogens with zero attached hydrogens (tertiary/aromatic N) is 2. The fraction of sp³-hybridized carbons (Fsp3) is 0.0833. The number of carbonyl (C=O) groups excluding carboxylic acids is 1. The topological polar surface area (TPSA) is 75.1 Å². The Hall–Kier alpha value is -2.14. The Labute approximate surface area is 108 Å². The number of benzene rings is 1. The molecular weight excluding hydrogens is 254 g/mol. The van der Waals surface area contributed by atoms with Crippen LogP contribution in [0.3, 0.4) is 0 Å². The first kappa shape index (κ1) is 12.3. The molecule has 0 atom stereocenters. The summed E-state index contributed by atoms with van der Waals surface area (Å²) in [6, 6.07) is 6.27. The summed E-state index contributed by atoms with van der Waals surface area (Å²) in [6.45, 7) is 1.66. The van der Waals surface area contributed by atoms with Crippen LogP contribution in [-0.4, -0.2) is 21.0 Å². The molecule has 0 spiro atoms. The van der Waals surface area contributed by atoms with E-state index in [2.05, 4.69) is 15.3 Å². The quantitative estimate of drug-likeness (QED) is 0.816. The van der Waals surface area contributed by atoms with Gasteiger partial charge in [-0.15, -0.1) is 0 Å². The fourth-order valence-electron chi connectivity index (χ4n) is 1.46. The Morgan fingerprint density at radius 2 is 2.17 bits per heavy atom. The monoisotopic (exact) mass is 263 g/mol. The van der Waals surface area contributed by atoms with E-state index in [0.717, 1.165) is 0 Å². The SMILES string of the molecule is Cc1c(O)cccc1C(=O)Nc1ccnc(Cl)n1. The third kappa shape index (κ3) is 2.57. The fourth-order valence-corrected chi connectivity index (χ4v) is 1.61. The van der Waals surface area contributed by atoms with Crippen LogP contribution < -0.4 is 5.32 Å². The number of nitrogens with one attached hydrogen (secondary N) is 1. The van der Waals surface area contributed by atoms with Crippen LogP contribution in [0, 0.1) is 6.92 Å². The number of aromatic hydroxyl groups is 1. The Morgan fingerprint density at radius 3 is 2.89 bits per heavy atom. The molecule has 0 bridgehead atoms. The Balaban J connectivity index is 2.25. The van der Waals surface area contributed by atoms with Crippen LogP contribution in [0.2, 0.25) is 5.28 Å². The average Bonchev–Trinajstić information content (AvgIpc) is 2.32. The van der Waals surface area contributed by atoms with E-state index in [1.807, 2.05) is 0 Å². The normalized spacial score (nSPS) is 10.1. The van der Waals surface area contributed by atoms with Crippen molar-refractivity contribution in [2.45, 2.75) is 6.92 Å². The molecule has 2 N–H and O–H groups in total. The molecule has 0 aliphatic heterocycles. The molecule has 0 unspecified atom stereocenters. The van der Waals surface area contributed by atoms with Gasteiger partial charge in [-0.1, -0.05) is 6.07 Å². The van der Waals surface area contributed by atoms with Crippen LogP contribution in [-0.2, 0) is 0 Å². The number of hydrogen-bond acceptors (Lipinski definition) is 4. The number of phenolic OH excluding ortho intramolecular Hbond substituents is 1. The number of halogens is 1. The predicted octanol–water partition coefficient (Wildman–Crippen LogP) is 2.40. The van der Waals surface area contributed by atoms with E-state index < -0.39 is 0 Å². The van der Waals surface area contributed by atoms with Gasteiger partial charge >= 0.3 is 0 Å². The molecule has 2 aromatic rings. The lowest BCUT2D eigenvalue weighted by molar-refractivity contribution is 0.102. The summed E-state index contributed by atoms with van der Waals surface area (Å²) in [5.74, 6) is 0.0179. The van der Waals surface area contributed by atoms with Gasteiger partial charge in [0, 0.05) is 17.3 Å². The molecule has 0 radical (unpaired) electrons. The highest BCUT2D eigenvalue weighted by Gasteiger charge is 2.12. The van der Waals surface area contributed by atoms with Crippen LogP contribution in [0.4, 0.5) is 5.82 Å². The van der Waals surface area contributed by atoms with Crippen molar-refractivity contribution in [1.29, 1.82) is 0 Å². The van der Waals surface area contributed by atoms with Gasteiger partial charge in [0.25, 0.3) is 5.91 Å². The van der Waals surface area contributed by atoms with Crippen LogP contribution >= 0.6 is 11.6 Å². The first-order chi connectivity index (χ1) is 8.58. The molecule has 0 saturated carbocycles. The first-order valence-corrected chi connectivity index (χ1v) is 5.54. The molecule has 0 saturated heterocycles. The van der Waals surface area contributed by atoms with Gasteiger partial charge in [-0.25, -0.2) is 9.97 Å². The van der Waals surface area contributed by atoms with E-state index in [1.165, 1.54) is 18.3 Å². The van der Waals surface area contributed by atoms with Crippen molar-refractivity contribution in [3.05, 3.63) is 46.9 Å². The van der Waals surface area contributed by atoms with Crippen LogP contribution in [0.25, 0.3) is 0 Å². The van der Waals surface area contributed by atoms with Crippen molar-refractivity contribution in [2.75, 3.05) is 5.32 Å². The second kappa shape index (κ2) is 5.01. The molecule has 2 rings (SSSR count). The van der Waals surface area contributed by atoms with Crippen molar-refractivity contribution in [1.82, 2.24) is 9.97 Å². The van der Waals surface area contributed by atoms with Crippen molar-refractivity contribution >= 4 is 23.3 Å². The minimum Gasteiger partial charge on any atom is -0.508 e. The van der Waals surface area contributed by atoms with E-state index >= 15 is 0 Å². The summed E-state index contributed by atoms with van der Waals surface area (Å²) in [4.78, 5) is 19.5. The minimum atomic E-state index is -0.363. The van der Waals surface area contributed by atoms with Crippen molar-refractivity contribution in [3.8, 4) is 5.75 Å². The molecule has 1 amide bonds. The van der Waals surface area contributed by atoms with E-state index in [1.54, 1.807) is 19.1 Å². The maximum atomic E-state index is 12.0. The Morgan fingerprint density at radius 1 is 1.39 bits per heavy atom. The van der Waals surface area contributed by atoms with Crippen LogP contribution in [0.1, 0.15) is 15.9 Å². The van der Waals surface area contributed by atoms with Gasteiger partial charge in [-0.2, -0.15) is 0 Å². The largest absolute Gasteiger partial charge is 0.508 e. The van der Waals surface area contributed by atoms with Crippen LogP contribution in [0.15, 0.2) is 30.5 Å². The lowest BCUT2D eigenvalue weighted by atomic mass is 10.1. The van der Waals surface area contributed by atoms with Crippen molar-refractivity contribution in [2.24, 2.45) is 0 Å². The number of carbonyl (C=O) groups is 1. The molecule has 92 valence electrons. The predicted molar refractivity (Wildman–Crippen MR) is 67.8 cm³/mol. The lowest BCUT2D eigenvalue weighted by Crippen LogP contribution is -2.14. The van der Waals surface area contributed by atoms with Gasteiger partial charge in [0.05, 0.1) is 0 Å². The van der Waals surface area contributed by atoms with E-state index in [4.69, 9.17) is 11.6 Å². The smallest absolute Gasteiger partial charge is 0.257 e. The highest BCUT2D eigenvalue weighted by molar-refractivity contribution is 6.28. The Kier molecular flexibility index (Phi) is 3.43. The van der Waals surface area contributed by atoms with Gasteiger partial charge < -0.3 is 10.4 Å². The first-order valence-electron chi connectivity index (χ1n) is 5.16. The molecule has 0 fully saturated rings. The number of anilines is 1. The summed E-state index contributed by atoms with van der Waals surface area (Å²) >= 11 is 5.62. The summed E-state index contributed by atoms with van der Waals surface area (Å²) in [5, 5.41) is 12.2. The molecule has 1 aromatic carbocycles. The van der Waals surface area contributed by atoms with Gasteiger partial charge in [0.2, 0.25) is 5.28 Å². The second-order valence-corrected chi connectivity index (χ2v) is 3.95. The van der Waals surface area contributed by atoms with Crippen molar-refractivity contribution < 1.29 is 9.90 Å². The zero-order valence-electron chi connectivity index (χ0n) is 9.51. The van der Waals surface area contributed by atoms with Gasteiger partial charge in [0.15, 0.2) is 0 Å². The van der Waals surface area contributed by atoms with Gasteiger partial charge in [-0.05, 0) is 36.7 Å². The number of hydrogen-bond donors (Lipinski definition) is 2. The molecule has 1 aromatic heterocycles. The van der Waals surface area contributed by atoms with E-state index in [-0.39, 0.29) is 16.9 Å². The third-order valence-corrected chi connectivity index (χ3v) is 2.60. The van der Waals surface area contributed by atoms with Gasteiger partial charge in [-0.3, -0.25) is 4.79 Å². The number of amides is 1. The lowest BCUT2D eigenvalue weighted by Gasteiger charge is -2.08. The second-order valence-electron chi connectivity index (χ2n) is 3.61. The summed E-state index contributed by atoms with van der Waals surface area (Å²) in [6.07, 6.45) is 1.44. The number of aromatic nitrogens is 2. The molecule has 6 heteroatoms. The van der Waals surface area contributed by atoms with E-state index in [9.17, 15) is 9.90 Å². The average molecular weight is 264 g/mol. The number of rotatable bonds is 2. The minimum absolute atomic E-state index is 0.0560. The molecule has 0 aliphatic carbocycles. The maximum absolute atomic E-state index is 12.0. The third-order valence-electron chi connectivity index (χ3n) is 2.42. The maximum Gasteiger partial charge on any atom is 0.257 e. The summed E-state index contributed by atoms with van der Waals surface area (Å²) in [5.41, 5.74) is 0.889. The number of phenols is 1.